The summed E-state index contributed by atoms with van der Waals surface area (Å²) in [7, 11) is 0. The Morgan fingerprint density at radius 1 is 1.67 bits per heavy atom. The molecular weight excluding hydrogens is 300 g/mol. The largest absolute Gasteiger partial charge is 0.343 e. The van der Waals surface area contributed by atoms with Crippen molar-refractivity contribution >= 4 is 50.3 Å². The predicted octanol–water partition coefficient (Wildman–Crippen LogP) is 3.10. The third-order valence-corrected chi connectivity index (χ3v) is 4.10. The Bertz CT molecular complexity index is 418. The maximum Gasteiger partial charge on any atom is 0.187 e. The Labute approximate surface area is 105 Å². The molecule has 0 amide bonds. The molecule has 1 aromatic rings. The van der Waals surface area contributed by atoms with Crippen LogP contribution in [-0.2, 0) is 0 Å². The van der Waals surface area contributed by atoms with Gasteiger partial charge in [-0.1, -0.05) is 44.9 Å². The zero-order valence-corrected chi connectivity index (χ0v) is 10.9. The van der Waals surface area contributed by atoms with Gasteiger partial charge in [0.1, 0.15) is 4.88 Å². The Hall–Kier alpha value is -0.390. The standard InChI is InChI=1S/C9H8BrClN2OS/c10-6-2-1-3-13(4-6)9-12-8(11)7(5-14)15-9/h2,5H,1,3-4H2. The van der Waals surface area contributed by atoms with Gasteiger partial charge in [0.15, 0.2) is 16.6 Å². The van der Waals surface area contributed by atoms with Crippen LogP contribution in [0.2, 0.25) is 5.15 Å². The second kappa shape index (κ2) is 4.63. The molecule has 0 N–H and O–H groups in total. The van der Waals surface area contributed by atoms with Gasteiger partial charge in [0.05, 0.1) is 6.54 Å². The van der Waals surface area contributed by atoms with Gasteiger partial charge in [-0.2, -0.15) is 0 Å². The second-order valence-electron chi connectivity index (χ2n) is 3.13. The van der Waals surface area contributed by atoms with E-state index in [1.54, 1.807) is 0 Å². The fourth-order valence-electron chi connectivity index (χ4n) is 1.38. The number of nitrogens with zero attached hydrogens (tertiary/aromatic N) is 2. The average Bonchev–Trinajstić information content (AvgIpc) is 2.60. The second-order valence-corrected chi connectivity index (χ2v) is 5.52. The monoisotopic (exact) mass is 306 g/mol. The van der Waals surface area contributed by atoms with E-state index in [1.165, 1.54) is 11.3 Å². The first kappa shape index (κ1) is 11.1. The lowest BCUT2D eigenvalue weighted by Crippen LogP contribution is -2.28. The van der Waals surface area contributed by atoms with Gasteiger partial charge < -0.3 is 4.90 Å². The van der Waals surface area contributed by atoms with Crippen LogP contribution >= 0.6 is 38.9 Å². The number of carbonyl (C=O) groups excluding carboxylic acids is 1. The molecule has 0 unspecified atom stereocenters. The summed E-state index contributed by atoms with van der Waals surface area (Å²) in [5.74, 6) is 0. The Morgan fingerprint density at radius 3 is 3.07 bits per heavy atom. The summed E-state index contributed by atoms with van der Waals surface area (Å²) in [6, 6.07) is 0. The average molecular weight is 308 g/mol. The lowest BCUT2D eigenvalue weighted by atomic mass is 10.3. The Kier molecular flexibility index (Phi) is 3.43. The number of thiazole rings is 1. The molecule has 15 heavy (non-hydrogen) atoms. The van der Waals surface area contributed by atoms with Crippen molar-refractivity contribution in [2.45, 2.75) is 6.42 Å². The number of rotatable bonds is 2. The number of carbonyl (C=O) groups is 1. The third kappa shape index (κ3) is 2.41. The van der Waals surface area contributed by atoms with Gasteiger partial charge in [0, 0.05) is 11.0 Å². The SMILES string of the molecule is O=Cc1sc(N2CCC=C(Br)C2)nc1Cl. The first-order chi connectivity index (χ1) is 7.20. The van der Waals surface area contributed by atoms with E-state index in [0.29, 0.717) is 10.0 Å². The molecular formula is C9H8BrClN2OS. The lowest BCUT2D eigenvalue weighted by molar-refractivity contribution is 0.112. The molecule has 2 heterocycles. The maximum atomic E-state index is 10.6. The molecule has 1 aliphatic rings. The van der Waals surface area contributed by atoms with Crippen LogP contribution in [0.5, 0.6) is 0 Å². The van der Waals surface area contributed by atoms with E-state index < -0.39 is 0 Å². The van der Waals surface area contributed by atoms with E-state index in [9.17, 15) is 4.79 Å². The molecule has 3 nitrogen and oxygen atoms in total. The van der Waals surface area contributed by atoms with Crippen molar-refractivity contribution in [3.63, 3.8) is 0 Å². The highest BCUT2D eigenvalue weighted by Gasteiger charge is 2.17. The molecule has 0 aliphatic carbocycles. The number of halogens is 2. The highest BCUT2D eigenvalue weighted by atomic mass is 79.9. The molecule has 2 rings (SSSR count). The van der Waals surface area contributed by atoms with Crippen molar-refractivity contribution in [2.75, 3.05) is 18.0 Å². The van der Waals surface area contributed by atoms with Crippen LogP contribution in [0.1, 0.15) is 16.1 Å². The number of aromatic nitrogens is 1. The molecule has 0 aromatic carbocycles. The molecule has 0 saturated heterocycles. The van der Waals surface area contributed by atoms with Crippen molar-refractivity contribution in [1.29, 1.82) is 0 Å². The smallest absolute Gasteiger partial charge is 0.187 e. The third-order valence-electron chi connectivity index (χ3n) is 2.08. The van der Waals surface area contributed by atoms with E-state index >= 15 is 0 Å². The van der Waals surface area contributed by atoms with Crippen LogP contribution in [0.15, 0.2) is 10.6 Å². The van der Waals surface area contributed by atoms with Crippen LogP contribution in [0, 0.1) is 0 Å². The van der Waals surface area contributed by atoms with Gasteiger partial charge in [0.2, 0.25) is 0 Å². The first-order valence-electron chi connectivity index (χ1n) is 4.41. The number of anilines is 1. The van der Waals surface area contributed by atoms with Crippen LogP contribution in [0.4, 0.5) is 5.13 Å². The van der Waals surface area contributed by atoms with Crippen LogP contribution in [-0.4, -0.2) is 24.4 Å². The topological polar surface area (TPSA) is 33.2 Å². The van der Waals surface area contributed by atoms with E-state index in [2.05, 4.69) is 31.9 Å². The summed E-state index contributed by atoms with van der Waals surface area (Å²) in [5.41, 5.74) is 0. The normalized spacial score (nSPS) is 16.4. The molecule has 80 valence electrons. The molecule has 1 aliphatic heterocycles. The summed E-state index contributed by atoms with van der Waals surface area (Å²) in [6.07, 6.45) is 3.87. The molecule has 0 bridgehead atoms. The summed E-state index contributed by atoms with van der Waals surface area (Å²) in [6.45, 7) is 1.71. The molecule has 0 saturated carbocycles. The first-order valence-corrected chi connectivity index (χ1v) is 6.40. The fraction of sp³-hybridized carbons (Fsp3) is 0.333. The van der Waals surface area contributed by atoms with Crippen molar-refractivity contribution in [3.05, 3.63) is 20.6 Å². The van der Waals surface area contributed by atoms with E-state index in [4.69, 9.17) is 11.6 Å². The molecule has 0 atom stereocenters. The number of aldehydes is 1. The minimum Gasteiger partial charge on any atom is -0.343 e. The minimum absolute atomic E-state index is 0.302. The number of hydrogen-bond acceptors (Lipinski definition) is 4. The Balaban J connectivity index is 2.22. The van der Waals surface area contributed by atoms with Crippen molar-refractivity contribution in [2.24, 2.45) is 0 Å². The minimum atomic E-state index is 0.302. The highest BCUT2D eigenvalue weighted by molar-refractivity contribution is 9.11. The van der Waals surface area contributed by atoms with Crippen LogP contribution in [0.3, 0.4) is 0 Å². The van der Waals surface area contributed by atoms with Gasteiger partial charge in [0.25, 0.3) is 0 Å². The van der Waals surface area contributed by atoms with Gasteiger partial charge in [-0.15, -0.1) is 0 Å². The molecule has 0 radical (unpaired) electrons. The number of hydrogen-bond donors (Lipinski definition) is 0. The van der Waals surface area contributed by atoms with Crippen molar-refractivity contribution in [1.82, 2.24) is 4.98 Å². The van der Waals surface area contributed by atoms with Gasteiger partial charge >= 0.3 is 0 Å². The molecule has 0 spiro atoms. The van der Waals surface area contributed by atoms with E-state index in [-0.39, 0.29) is 0 Å². The quantitative estimate of drug-likeness (QED) is 0.787. The summed E-state index contributed by atoms with van der Waals surface area (Å²) >= 11 is 10.6. The predicted molar refractivity (Wildman–Crippen MR) is 66.4 cm³/mol. The zero-order chi connectivity index (χ0) is 10.8. The Morgan fingerprint density at radius 2 is 2.47 bits per heavy atom. The summed E-state index contributed by atoms with van der Waals surface area (Å²) in [4.78, 5) is 17.4. The van der Waals surface area contributed by atoms with Gasteiger partial charge in [-0.3, -0.25) is 4.79 Å². The zero-order valence-electron chi connectivity index (χ0n) is 7.74. The van der Waals surface area contributed by atoms with Crippen molar-refractivity contribution < 1.29 is 4.79 Å². The highest BCUT2D eigenvalue weighted by Crippen LogP contribution is 2.30. The van der Waals surface area contributed by atoms with E-state index in [1.807, 2.05) is 0 Å². The lowest BCUT2D eigenvalue weighted by Gasteiger charge is -2.24. The van der Waals surface area contributed by atoms with E-state index in [0.717, 1.165) is 35.4 Å². The fourth-order valence-corrected chi connectivity index (χ4v) is 3.00. The van der Waals surface area contributed by atoms with Gasteiger partial charge in [-0.25, -0.2) is 4.98 Å². The molecule has 0 fully saturated rings. The van der Waals surface area contributed by atoms with Crippen molar-refractivity contribution in [3.8, 4) is 0 Å². The van der Waals surface area contributed by atoms with Crippen LogP contribution in [0.25, 0.3) is 0 Å². The summed E-state index contributed by atoms with van der Waals surface area (Å²) in [5, 5.41) is 1.11. The molecule has 6 heteroatoms. The summed E-state index contributed by atoms with van der Waals surface area (Å²) < 4.78 is 1.15. The maximum absolute atomic E-state index is 10.6. The van der Waals surface area contributed by atoms with Gasteiger partial charge in [-0.05, 0) is 6.42 Å². The molecule has 1 aromatic heterocycles. The van der Waals surface area contributed by atoms with Crippen LogP contribution < -0.4 is 4.90 Å².